The summed E-state index contributed by atoms with van der Waals surface area (Å²) in [6, 6.07) is 8.97. The fraction of sp³-hybridized carbons (Fsp3) is 0.417. The van der Waals surface area contributed by atoms with Gasteiger partial charge in [0.25, 0.3) is 10.0 Å². The molecule has 0 radical (unpaired) electrons. The molecule has 2 aromatic heterocycles. The Labute approximate surface area is 208 Å². The maximum atomic E-state index is 14.0. The number of amides is 1. The van der Waals surface area contributed by atoms with E-state index in [1.807, 2.05) is 4.90 Å². The maximum Gasteiger partial charge on any atom is 0.312 e. The van der Waals surface area contributed by atoms with Gasteiger partial charge in [0.2, 0.25) is 5.91 Å². The normalized spacial score (nSPS) is 20.8. The van der Waals surface area contributed by atoms with E-state index in [9.17, 15) is 23.3 Å². The summed E-state index contributed by atoms with van der Waals surface area (Å²) >= 11 is 0. The Hall–Kier alpha value is -3.51. The van der Waals surface area contributed by atoms with Gasteiger partial charge in [-0.1, -0.05) is 18.2 Å². The number of benzene rings is 1. The van der Waals surface area contributed by atoms with Gasteiger partial charge in [-0.2, -0.15) is 0 Å². The van der Waals surface area contributed by atoms with Gasteiger partial charge in [-0.25, -0.2) is 13.4 Å². The van der Waals surface area contributed by atoms with E-state index in [1.165, 1.54) is 16.4 Å². The number of pyridine rings is 1. The molecule has 2 fully saturated rings. The van der Waals surface area contributed by atoms with Gasteiger partial charge in [0.05, 0.1) is 28.4 Å². The van der Waals surface area contributed by atoms with Crippen LogP contribution in [-0.4, -0.2) is 66.5 Å². The second kappa shape index (κ2) is 9.86. The number of nitrogens with one attached hydrogen (secondary N) is 1. The first-order valence-electron chi connectivity index (χ1n) is 11.9. The number of anilines is 1. The van der Waals surface area contributed by atoms with Crippen LogP contribution in [-0.2, 0) is 19.6 Å². The van der Waals surface area contributed by atoms with Gasteiger partial charge >= 0.3 is 5.69 Å². The number of aromatic nitrogens is 2. The van der Waals surface area contributed by atoms with Crippen molar-refractivity contribution in [2.75, 3.05) is 30.6 Å². The lowest BCUT2D eigenvalue weighted by Crippen LogP contribution is -2.47. The molecular weight excluding hydrogens is 486 g/mol. The standard InChI is InChI=1S/C24H27N5O6S/c30-24(27-12-14-35-15-13-27)17-6-8-18(9-7-17)28(36(33,34)19-4-2-1-3-5-19)22-20-10-11-25-23(20)26-16-21(22)29(31)32/h1-5,10-11,16-18H,6-9,12-15H2,(H,25,26). The second-order valence-electron chi connectivity index (χ2n) is 9.05. The van der Waals surface area contributed by atoms with Crippen molar-refractivity contribution in [3.05, 3.63) is 58.9 Å². The van der Waals surface area contributed by atoms with Gasteiger partial charge in [0.15, 0.2) is 0 Å². The SMILES string of the molecule is O=C(C1CCC(N(c2c([N+](=O)[O-])cnc3[nH]ccc23)S(=O)(=O)c2ccccc2)CC1)N1CCOCC1. The lowest BCUT2D eigenvalue weighted by Gasteiger charge is -2.38. The van der Waals surface area contributed by atoms with Crippen molar-refractivity contribution in [3.63, 3.8) is 0 Å². The van der Waals surface area contributed by atoms with Gasteiger partial charge in [-0.3, -0.25) is 19.2 Å². The molecule has 0 spiro atoms. The molecule has 1 aromatic carbocycles. The molecule has 1 amide bonds. The van der Waals surface area contributed by atoms with Gasteiger partial charge in [-0.05, 0) is 43.9 Å². The zero-order chi connectivity index (χ0) is 25.3. The van der Waals surface area contributed by atoms with Crippen molar-refractivity contribution in [3.8, 4) is 0 Å². The molecule has 0 unspecified atom stereocenters. The summed E-state index contributed by atoms with van der Waals surface area (Å²) in [5, 5.41) is 12.4. The molecular formula is C24H27N5O6S. The molecule has 0 atom stereocenters. The van der Waals surface area contributed by atoms with Gasteiger partial charge in [-0.15, -0.1) is 0 Å². The third-order valence-electron chi connectivity index (χ3n) is 6.96. The molecule has 5 rings (SSSR count). The minimum atomic E-state index is -4.16. The van der Waals surface area contributed by atoms with Crippen LogP contribution in [0.2, 0.25) is 0 Å². The van der Waals surface area contributed by atoms with Crippen LogP contribution < -0.4 is 4.31 Å². The van der Waals surface area contributed by atoms with Gasteiger partial charge in [0, 0.05) is 31.2 Å². The molecule has 2 aliphatic rings. The third kappa shape index (κ3) is 4.42. The Kier molecular flexibility index (Phi) is 6.63. The van der Waals surface area contributed by atoms with E-state index >= 15 is 0 Å². The average molecular weight is 514 g/mol. The number of aromatic amines is 1. The monoisotopic (exact) mass is 513 g/mol. The number of hydrogen-bond acceptors (Lipinski definition) is 7. The molecule has 3 aromatic rings. The van der Waals surface area contributed by atoms with Crippen LogP contribution >= 0.6 is 0 Å². The van der Waals surface area contributed by atoms with Crippen LogP contribution in [0.15, 0.2) is 53.7 Å². The Balaban J connectivity index is 1.53. The summed E-state index contributed by atoms with van der Waals surface area (Å²) in [5.74, 6) is -0.141. The summed E-state index contributed by atoms with van der Waals surface area (Å²) in [6.45, 7) is 2.15. The van der Waals surface area contributed by atoms with Crippen molar-refractivity contribution >= 4 is 38.3 Å². The Morgan fingerprint density at radius 1 is 1.11 bits per heavy atom. The molecule has 190 valence electrons. The molecule has 1 aliphatic heterocycles. The van der Waals surface area contributed by atoms with Crippen LogP contribution in [0.3, 0.4) is 0 Å². The number of carbonyl (C=O) groups is 1. The molecule has 0 bridgehead atoms. The largest absolute Gasteiger partial charge is 0.378 e. The molecule has 1 saturated carbocycles. The van der Waals surface area contributed by atoms with Crippen molar-refractivity contribution in [2.24, 2.45) is 5.92 Å². The number of sulfonamides is 1. The van der Waals surface area contributed by atoms with Crippen LogP contribution in [0.1, 0.15) is 25.7 Å². The summed E-state index contributed by atoms with van der Waals surface area (Å²) in [5.41, 5.74) is -0.0220. The number of nitro groups is 1. The number of ether oxygens (including phenoxy) is 1. The lowest BCUT2D eigenvalue weighted by molar-refractivity contribution is -0.384. The van der Waals surface area contributed by atoms with E-state index in [-0.39, 0.29) is 28.1 Å². The average Bonchev–Trinajstić information content (AvgIpc) is 3.39. The molecule has 11 nitrogen and oxygen atoms in total. The first-order chi connectivity index (χ1) is 17.4. The minimum Gasteiger partial charge on any atom is -0.378 e. The van der Waals surface area contributed by atoms with E-state index in [1.54, 1.807) is 30.5 Å². The molecule has 1 N–H and O–H groups in total. The first-order valence-corrected chi connectivity index (χ1v) is 13.4. The Morgan fingerprint density at radius 3 is 2.47 bits per heavy atom. The van der Waals surface area contributed by atoms with Crippen molar-refractivity contribution in [1.82, 2.24) is 14.9 Å². The van der Waals surface area contributed by atoms with Crippen LogP contribution in [0.25, 0.3) is 11.0 Å². The third-order valence-corrected chi connectivity index (χ3v) is 8.82. The topological polar surface area (TPSA) is 139 Å². The fourth-order valence-corrected chi connectivity index (χ4v) is 6.92. The molecule has 36 heavy (non-hydrogen) atoms. The summed E-state index contributed by atoms with van der Waals surface area (Å²) in [6.07, 6.45) is 4.47. The van der Waals surface area contributed by atoms with Crippen molar-refractivity contribution in [1.29, 1.82) is 0 Å². The quantitative estimate of drug-likeness (QED) is 0.395. The van der Waals surface area contributed by atoms with Crippen LogP contribution in [0.4, 0.5) is 11.4 Å². The molecule has 12 heteroatoms. The summed E-state index contributed by atoms with van der Waals surface area (Å²) < 4.78 is 34.6. The zero-order valence-corrected chi connectivity index (χ0v) is 20.4. The highest BCUT2D eigenvalue weighted by Crippen LogP contribution is 2.42. The van der Waals surface area contributed by atoms with E-state index in [2.05, 4.69) is 9.97 Å². The minimum absolute atomic E-state index is 0.00180. The summed E-state index contributed by atoms with van der Waals surface area (Å²) in [7, 11) is -4.16. The highest BCUT2D eigenvalue weighted by Gasteiger charge is 2.41. The predicted molar refractivity (Wildman–Crippen MR) is 132 cm³/mol. The fourth-order valence-electron chi connectivity index (χ4n) is 5.15. The first kappa shape index (κ1) is 24.2. The number of rotatable bonds is 6. The van der Waals surface area contributed by atoms with Crippen molar-refractivity contribution < 1.29 is 22.9 Å². The van der Waals surface area contributed by atoms with Gasteiger partial charge < -0.3 is 14.6 Å². The smallest absolute Gasteiger partial charge is 0.312 e. The predicted octanol–water partition coefficient (Wildman–Crippen LogP) is 3.08. The van der Waals surface area contributed by atoms with Crippen molar-refractivity contribution in [2.45, 2.75) is 36.6 Å². The lowest BCUT2D eigenvalue weighted by atomic mass is 9.85. The number of hydrogen-bond donors (Lipinski definition) is 1. The van der Waals surface area contributed by atoms with E-state index < -0.39 is 21.0 Å². The van der Waals surface area contributed by atoms with E-state index in [0.717, 1.165) is 6.20 Å². The Bertz CT molecular complexity index is 1360. The van der Waals surface area contributed by atoms with E-state index in [4.69, 9.17) is 4.74 Å². The summed E-state index contributed by atoms with van der Waals surface area (Å²) in [4.78, 5) is 33.4. The second-order valence-corrected chi connectivity index (χ2v) is 10.9. The molecule has 3 heterocycles. The highest BCUT2D eigenvalue weighted by atomic mass is 32.2. The maximum absolute atomic E-state index is 14.0. The number of carbonyl (C=O) groups excluding carboxylic acids is 1. The number of nitrogens with zero attached hydrogens (tertiary/aromatic N) is 4. The number of H-pyrrole nitrogens is 1. The molecule has 1 saturated heterocycles. The van der Waals surface area contributed by atoms with E-state index in [0.29, 0.717) is 63.0 Å². The Morgan fingerprint density at radius 2 is 1.81 bits per heavy atom. The molecule has 1 aliphatic carbocycles. The number of morpholine rings is 1. The number of fused-ring (bicyclic) bond motifs is 1. The highest BCUT2D eigenvalue weighted by molar-refractivity contribution is 7.93. The zero-order valence-electron chi connectivity index (χ0n) is 19.6. The van der Waals surface area contributed by atoms with Crippen LogP contribution in [0.5, 0.6) is 0 Å². The van der Waals surface area contributed by atoms with Gasteiger partial charge in [0.1, 0.15) is 17.5 Å². The van der Waals surface area contributed by atoms with Crippen LogP contribution in [0, 0.1) is 16.0 Å².